The number of rotatable bonds is 6. The van der Waals surface area contributed by atoms with Crippen molar-refractivity contribution in [1.29, 1.82) is 0 Å². The highest BCUT2D eigenvalue weighted by molar-refractivity contribution is 5.63. The lowest BCUT2D eigenvalue weighted by Gasteiger charge is -2.33. The minimum Gasteiger partial charge on any atom is -0.207 e. The Kier molecular flexibility index (Phi) is 6.05. The highest BCUT2D eigenvalue weighted by Gasteiger charge is 2.41. The maximum absolute atomic E-state index is 14.7. The first-order valence-corrected chi connectivity index (χ1v) is 9.70. The maximum Gasteiger partial charge on any atom is 0.254 e. The molecule has 0 aromatic heterocycles. The molecule has 3 rings (SSSR count). The van der Waals surface area contributed by atoms with Gasteiger partial charge in [0.05, 0.1) is 0 Å². The van der Waals surface area contributed by atoms with Crippen LogP contribution in [0.5, 0.6) is 0 Å². The molecule has 0 bridgehead atoms. The van der Waals surface area contributed by atoms with Gasteiger partial charge in [0.25, 0.3) is 5.92 Å². The largest absolute Gasteiger partial charge is 0.254 e. The Morgan fingerprint density at radius 2 is 1.62 bits per heavy atom. The summed E-state index contributed by atoms with van der Waals surface area (Å²) in [6.45, 7) is 2.16. The van der Waals surface area contributed by atoms with Crippen molar-refractivity contribution < 1.29 is 13.2 Å². The van der Waals surface area contributed by atoms with Gasteiger partial charge >= 0.3 is 0 Å². The van der Waals surface area contributed by atoms with E-state index in [-0.39, 0.29) is 12.2 Å². The van der Waals surface area contributed by atoms with Crippen molar-refractivity contribution in [3.05, 3.63) is 59.9 Å². The Hall–Kier alpha value is -1.77. The molecule has 0 amide bonds. The van der Waals surface area contributed by atoms with Gasteiger partial charge < -0.3 is 0 Å². The van der Waals surface area contributed by atoms with E-state index in [9.17, 15) is 13.2 Å². The molecular weight excluding hydrogens is 333 g/mol. The predicted octanol–water partition coefficient (Wildman–Crippen LogP) is 7.28. The fraction of sp³-hybridized carbons (Fsp3) is 0.478. The molecule has 0 nitrogen and oxygen atoms in total. The summed E-state index contributed by atoms with van der Waals surface area (Å²) in [5.74, 6) is -2.81. The van der Waals surface area contributed by atoms with Crippen LogP contribution in [0, 0.1) is 17.7 Å². The molecule has 2 aromatic rings. The van der Waals surface area contributed by atoms with Gasteiger partial charge in [0.1, 0.15) is 5.82 Å². The van der Waals surface area contributed by atoms with Crippen molar-refractivity contribution in [2.45, 2.75) is 57.8 Å². The topological polar surface area (TPSA) is 0 Å². The average Bonchev–Trinajstić information content (AvgIpc) is 2.63. The summed E-state index contributed by atoms with van der Waals surface area (Å²) >= 11 is 0. The molecule has 0 atom stereocenters. The second-order valence-corrected chi connectivity index (χ2v) is 7.65. The number of hydrogen-bond acceptors (Lipinski definition) is 0. The van der Waals surface area contributed by atoms with Crippen molar-refractivity contribution in [3.8, 4) is 11.1 Å². The first-order valence-electron chi connectivity index (χ1n) is 9.70. The van der Waals surface area contributed by atoms with E-state index in [1.807, 2.05) is 6.07 Å². The molecule has 140 valence electrons. The predicted molar refractivity (Wildman–Crippen MR) is 101 cm³/mol. The van der Waals surface area contributed by atoms with Gasteiger partial charge in [-0.1, -0.05) is 56.2 Å². The number of benzene rings is 2. The van der Waals surface area contributed by atoms with E-state index in [4.69, 9.17) is 0 Å². The smallest absolute Gasteiger partial charge is 0.207 e. The number of alkyl halides is 2. The van der Waals surface area contributed by atoms with Gasteiger partial charge in [0.2, 0.25) is 0 Å². The first kappa shape index (κ1) is 19.0. The van der Waals surface area contributed by atoms with E-state index >= 15 is 0 Å². The Bertz CT molecular complexity index is 698. The van der Waals surface area contributed by atoms with Crippen LogP contribution in [0.1, 0.15) is 51.0 Å². The molecule has 0 unspecified atom stereocenters. The third-order valence-electron chi connectivity index (χ3n) is 5.69. The van der Waals surface area contributed by atoms with E-state index in [2.05, 4.69) is 6.92 Å². The van der Waals surface area contributed by atoms with Crippen LogP contribution in [0.4, 0.5) is 13.2 Å². The van der Waals surface area contributed by atoms with Crippen molar-refractivity contribution in [3.63, 3.8) is 0 Å². The quantitative estimate of drug-likeness (QED) is 0.508. The van der Waals surface area contributed by atoms with Crippen LogP contribution in [0.15, 0.2) is 48.5 Å². The Morgan fingerprint density at radius 1 is 0.923 bits per heavy atom. The van der Waals surface area contributed by atoms with Crippen LogP contribution >= 0.6 is 0 Å². The molecule has 0 heterocycles. The number of hydrogen-bond donors (Lipinski definition) is 0. The molecule has 1 fully saturated rings. The summed E-state index contributed by atoms with van der Waals surface area (Å²) in [4.78, 5) is 0. The van der Waals surface area contributed by atoms with Crippen molar-refractivity contribution in [2.24, 2.45) is 11.8 Å². The summed E-state index contributed by atoms with van der Waals surface area (Å²) < 4.78 is 42.8. The van der Waals surface area contributed by atoms with Crippen molar-refractivity contribution in [2.75, 3.05) is 0 Å². The van der Waals surface area contributed by atoms with E-state index < -0.39 is 11.8 Å². The fourth-order valence-electron chi connectivity index (χ4n) is 4.18. The standard InChI is InChI=1S/C23H27F3/c1-2-4-17-9-13-21(14-10-17)23(25,26)16-18-7-11-19(12-8-18)20-5-3-6-22(24)15-20/h3,5-8,11-12,15,17,21H,2,4,9-10,13-14,16H2,1H3. The summed E-state index contributed by atoms with van der Waals surface area (Å²) in [7, 11) is 0. The maximum atomic E-state index is 14.7. The molecule has 1 aliphatic carbocycles. The molecule has 2 aromatic carbocycles. The van der Waals surface area contributed by atoms with Crippen molar-refractivity contribution >= 4 is 0 Å². The van der Waals surface area contributed by atoms with Gasteiger partial charge in [-0.05, 0) is 60.4 Å². The molecule has 0 radical (unpaired) electrons. The molecule has 0 spiro atoms. The molecule has 3 heteroatoms. The lowest BCUT2D eigenvalue weighted by atomic mass is 9.76. The third kappa shape index (κ3) is 4.69. The van der Waals surface area contributed by atoms with E-state index in [1.54, 1.807) is 30.3 Å². The zero-order chi connectivity index (χ0) is 18.6. The number of halogens is 3. The van der Waals surface area contributed by atoms with Crippen LogP contribution in [0.25, 0.3) is 11.1 Å². The first-order chi connectivity index (χ1) is 12.5. The van der Waals surface area contributed by atoms with E-state index in [0.717, 1.165) is 30.4 Å². The Labute approximate surface area is 154 Å². The summed E-state index contributed by atoms with van der Waals surface area (Å²) in [6, 6.07) is 13.4. The fourth-order valence-corrected chi connectivity index (χ4v) is 4.18. The van der Waals surface area contributed by atoms with Crippen LogP contribution in [0.3, 0.4) is 0 Å². The SMILES string of the molecule is CCCC1CCC(C(F)(F)Cc2ccc(-c3cccc(F)c3)cc2)CC1. The zero-order valence-corrected chi connectivity index (χ0v) is 15.4. The van der Waals surface area contributed by atoms with Crippen LogP contribution in [-0.2, 0) is 6.42 Å². The normalized spacial score (nSPS) is 20.9. The molecular formula is C23H27F3. The van der Waals surface area contributed by atoms with E-state index in [0.29, 0.717) is 24.3 Å². The molecule has 1 saturated carbocycles. The highest BCUT2D eigenvalue weighted by atomic mass is 19.3. The van der Waals surface area contributed by atoms with Gasteiger partial charge in [-0.15, -0.1) is 0 Å². The van der Waals surface area contributed by atoms with Gasteiger partial charge in [0, 0.05) is 12.3 Å². The zero-order valence-electron chi connectivity index (χ0n) is 15.4. The van der Waals surface area contributed by atoms with Crippen molar-refractivity contribution in [1.82, 2.24) is 0 Å². The molecule has 0 N–H and O–H groups in total. The summed E-state index contributed by atoms with van der Waals surface area (Å²) in [5, 5.41) is 0. The van der Waals surface area contributed by atoms with E-state index in [1.165, 1.54) is 18.6 Å². The molecule has 0 aliphatic heterocycles. The van der Waals surface area contributed by atoms with Gasteiger partial charge in [-0.3, -0.25) is 0 Å². The second-order valence-electron chi connectivity index (χ2n) is 7.65. The third-order valence-corrected chi connectivity index (χ3v) is 5.69. The Balaban J connectivity index is 1.63. The minimum absolute atomic E-state index is 0.209. The second kappa shape index (κ2) is 8.28. The molecule has 1 aliphatic rings. The van der Waals surface area contributed by atoms with Gasteiger partial charge in [-0.2, -0.15) is 0 Å². The lowest BCUT2D eigenvalue weighted by Crippen LogP contribution is -2.34. The van der Waals surface area contributed by atoms with Crippen LogP contribution in [-0.4, -0.2) is 5.92 Å². The monoisotopic (exact) mass is 360 g/mol. The average molecular weight is 360 g/mol. The summed E-state index contributed by atoms with van der Waals surface area (Å²) in [6.07, 6.45) is 5.25. The van der Waals surface area contributed by atoms with Crippen LogP contribution < -0.4 is 0 Å². The minimum atomic E-state index is -2.66. The Morgan fingerprint density at radius 3 is 2.23 bits per heavy atom. The van der Waals surface area contributed by atoms with Gasteiger partial charge in [0.15, 0.2) is 0 Å². The highest BCUT2D eigenvalue weighted by Crippen LogP contribution is 2.41. The van der Waals surface area contributed by atoms with Crippen LogP contribution in [0.2, 0.25) is 0 Å². The lowest BCUT2D eigenvalue weighted by molar-refractivity contribution is -0.0745. The van der Waals surface area contributed by atoms with Gasteiger partial charge in [-0.25, -0.2) is 13.2 Å². The summed E-state index contributed by atoms with van der Waals surface area (Å²) in [5.41, 5.74) is 2.25. The molecule has 0 saturated heterocycles. The molecule has 26 heavy (non-hydrogen) atoms.